The number of ether oxygens (including phenoxy) is 3. The van der Waals surface area contributed by atoms with Crippen molar-refractivity contribution in [2.75, 3.05) is 6.61 Å². The first-order valence-corrected chi connectivity index (χ1v) is 21.9. The van der Waals surface area contributed by atoms with Gasteiger partial charge in [-0.25, -0.2) is 9.36 Å². The van der Waals surface area contributed by atoms with Crippen LogP contribution in [0.1, 0.15) is 144 Å². The van der Waals surface area contributed by atoms with E-state index < -0.39 is 73.5 Å². The molecule has 1 aromatic heterocycles. The minimum atomic E-state index is -4.38. The third-order valence-electron chi connectivity index (χ3n) is 9.77. The van der Waals surface area contributed by atoms with E-state index in [4.69, 9.17) is 23.3 Å². The van der Waals surface area contributed by atoms with Gasteiger partial charge in [0.2, 0.25) is 0 Å². The second kappa shape index (κ2) is 24.1. The van der Waals surface area contributed by atoms with E-state index in [1.54, 1.807) is 44.2 Å². The predicted molar refractivity (Wildman–Crippen MR) is 213 cm³/mol. The van der Waals surface area contributed by atoms with Gasteiger partial charge in [-0.3, -0.25) is 28.5 Å². The second-order valence-corrected chi connectivity index (χ2v) is 16.8. The largest absolute Gasteiger partial charge is 0.462 e. The van der Waals surface area contributed by atoms with Crippen LogP contribution in [0.25, 0.3) is 0 Å². The highest BCUT2D eigenvalue weighted by Crippen LogP contribution is 2.50. The van der Waals surface area contributed by atoms with E-state index in [2.05, 4.69) is 23.1 Å². The van der Waals surface area contributed by atoms with E-state index in [0.29, 0.717) is 6.42 Å². The molecule has 1 fully saturated rings. The first kappa shape index (κ1) is 46.6. The summed E-state index contributed by atoms with van der Waals surface area (Å²) in [7, 11) is -4.38. The number of aromatic nitrogens is 2. The van der Waals surface area contributed by atoms with E-state index in [1.807, 2.05) is 0 Å². The van der Waals surface area contributed by atoms with Crippen LogP contribution in [0.2, 0.25) is 0 Å². The predicted octanol–water partition coefficient (Wildman–Crippen LogP) is 8.27. The van der Waals surface area contributed by atoms with Crippen LogP contribution in [-0.4, -0.2) is 52.5 Å². The molecule has 1 saturated heterocycles. The van der Waals surface area contributed by atoms with Crippen LogP contribution in [0.5, 0.6) is 5.75 Å². The van der Waals surface area contributed by atoms with Gasteiger partial charge in [0.05, 0.1) is 18.8 Å². The first-order chi connectivity index (χ1) is 26.8. The Balaban J connectivity index is 1.65. The van der Waals surface area contributed by atoms with Gasteiger partial charge in [0.1, 0.15) is 23.3 Å². The summed E-state index contributed by atoms with van der Waals surface area (Å²) in [5.41, 5.74) is -3.15. The number of hydrogen-bond acceptors (Lipinski definition) is 11. The molecule has 2 N–H and O–H groups in total. The number of hydrogen-bond donors (Lipinski definition) is 2. The number of carbonyl (C=O) groups is 2. The summed E-state index contributed by atoms with van der Waals surface area (Å²) in [4.78, 5) is 52.8. The SMILES string of the molecule is CCCCCCCCCCCCCCCCCC(=O)O[C@@H]1[C@@H](COP(=O)(N[C@@H](C)C(=O)OC(C)C)Oc2ccccc2)O[C@@H](n2ccc(=O)[nH]c2=O)[C@]1(C)C#N. The van der Waals surface area contributed by atoms with Crippen molar-refractivity contribution in [3.63, 3.8) is 0 Å². The lowest BCUT2D eigenvalue weighted by Gasteiger charge is -2.29. The quantitative estimate of drug-likeness (QED) is 0.0501. The molecule has 312 valence electrons. The average molecular weight is 803 g/mol. The number of nitriles is 1. The van der Waals surface area contributed by atoms with Crippen LogP contribution in [0.15, 0.2) is 52.2 Å². The van der Waals surface area contributed by atoms with Gasteiger partial charge in [-0.15, -0.1) is 0 Å². The minimum Gasteiger partial charge on any atom is -0.462 e. The Morgan fingerprint density at radius 1 is 0.929 bits per heavy atom. The van der Waals surface area contributed by atoms with Gasteiger partial charge >= 0.3 is 25.4 Å². The first-order valence-electron chi connectivity index (χ1n) is 20.4. The van der Waals surface area contributed by atoms with Crippen LogP contribution in [-0.2, 0) is 32.9 Å². The maximum absolute atomic E-state index is 14.2. The number of para-hydroxylation sites is 1. The Labute approximate surface area is 331 Å². The number of rotatable bonds is 27. The fourth-order valence-corrected chi connectivity index (χ4v) is 8.16. The lowest BCUT2D eigenvalue weighted by Crippen LogP contribution is -2.43. The Kier molecular flexibility index (Phi) is 20.1. The highest BCUT2D eigenvalue weighted by atomic mass is 31.2. The summed E-state index contributed by atoms with van der Waals surface area (Å²) in [6.07, 6.45) is 14.7. The Bertz CT molecular complexity index is 1690. The molecule has 14 nitrogen and oxygen atoms in total. The number of nitrogens with zero attached hydrogens (tertiary/aromatic N) is 2. The van der Waals surface area contributed by atoms with Crippen LogP contribution in [0, 0.1) is 16.7 Å². The van der Waals surface area contributed by atoms with Crippen molar-refractivity contribution >= 4 is 19.7 Å². The molecule has 56 heavy (non-hydrogen) atoms. The van der Waals surface area contributed by atoms with Crippen molar-refractivity contribution in [1.29, 1.82) is 5.26 Å². The van der Waals surface area contributed by atoms with Gasteiger partial charge in [-0.05, 0) is 46.2 Å². The Morgan fingerprint density at radius 3 is 2.04 bits per heavy atom. The fraction of sp³-hybridized carbons (Fsp3) is 0.683. The number of benzene rings is 1. The summed E-state index contributed by atoms with van der Waals surface area (Å²) in [5, 5.41) is 13.1. The van der Waals surface area contributed by atoms with Crippen molar-refractivity contribution < 1.29 is 37.4 Å². The summed E-state index contributed by atoms with van der Waals surface area (Å²) in [5.74, 6) is -1.09. The topological polar surface area (TPSA) is 188 Å². The van der Waals surface area contributed by atoms with Crippen molar-refractivity contribution in [1.82, 2.24) is 14.6 Å². The molecular formula is C41H63N4O10P. The van der Waals surface area contributed by atoms with Crippen molar-refractivity contribution in [2.45, 2.75) is 168 Å². The number of aromatic amines is 1. The summed E-state index contributed by atoms with van der Waals surface area (Å²) >= 11 is 0. The van der Waals surface area contributed by atoms with Gasteiger partial charge in [-0.1, -0.05) is 115 Å². The Hall–Kier alpha value is -3.76. The van der Waals surface area contributed by atoms with E-state index in [1.165, 1.54) is 90.7 Å². The summed E-state index contributed by atoms with van der Waals surface area (Å²) < 4.78 is 44.2. The number of esters is 2. The molecule has 0 bridgehead atoms. The third-order valence-corrected chi connectivity index (χ3v) is 11.4. The number of H-pyrrole nitrogens is 1. The van der Waals surface area contributed by atoms with Crippen LogP contribution < -0.4 is 20.9 Å². The molecule has 0 amide bonds. The normalized spacial score (nSPS) is 20.9. The highest BCUT2D eigenvalue weighted by Gasteiger charge is 2.58. The van der Waals surface area contributed by atoms with Crippen molar-refractivity contribution in [3.05, 3.63) is 63.4 Å². The fourth-order valence-electron chi connectivity index (χ4n) is 6.66. The van der Waals surface area contributed by atoms with Gasteiger partial charge in [0.15, 0.2) is 12.3 Å². The Morgan fingerprint density at radius 2 is 1.50 bits per heavy atom. The maximum Gasteiger partial charge on any atom is 0.459 e. The zero-order valence-corrected chi connectivity index (χ0v) is 34.8. The molecule has 0 spiro atoms. The van der Waals surface area contributed by atoms with Crippen LogP contribution >= 0.6 is 7.75 Å². The molecule has 6 atom stereocenters. The molecule has 15 heteroatoms. The van der Waals surface area contributed by atoms with Crippen LogP contribution in [0.4, 0.5) is 0 Å². The smallest absolute Gasteiger partial charge is 0.459 e. The lowest BCUT2D eigenvalue weighted by atomic mass is 9.83. The van der Waals surface area contributed by atoms with Gasteiger partial charge in [0.25, 0.3) is 5.56 Å². The third kappa shape index (κ3) is 15.3. The molecule has 0 saturated carbocycles. The lowest BCUT2D eigenvalue weighted by molar-refractivity contribution is -0.156. The second-order valence-electron chi connectivity index (χ2n) is 15.1. The highest BCUT2D eigenvalue weighted by molar-refractivity contribution is 7.52. The number of carbonyl (C=O) groups excluding carboxylic acids is 2. The zero-order valence-electron chi connectivity index (χ0n) is 33.9. The summed E-state index contributed by atoms with van der Waals surface area (Å²) in [6, 6.07) is 10.3. The van der Waals surface area contributed by atoms with E-state index in [9.17, 15) is 29.0 Å². The van der Waals surface area contributed by atoms with E-state index >= 15 is 0 Å². The molecule has 2 aromatic rings. The van der Waals surface area contributed by atoms with Crippen molar-refractivity contribution in [2.24, 2.45) is 5.41 Å². The van der Waals surface area contributed by atoms with Gasteiger partial charge in [-0.2, -0.15) is 10.3 Å². The molecule has 0 radical (unpaired) electrons. The van der Waals surface area contributed by atoms with E-state index in [0.717, 1.165) is 29.9 Å². The van der Waals surface area contributed by atoms with E-state index in [-0.39, 0.29) is 12.2 Å². The summed E-state index contributed by atoms with van der Waals surface area (Å²) in [6.45, 7) is 7.96. The minimum absolute atomic E-state index is 0.0970. The number of nitrogens with one attached hydrogen (secondary N) is 2. The molecule has 1 aromatic carbocycles. The molecular weight excluding hydrogens is 739 g/mol. The number of unbranched alkanes of at least 4 members (excludes halogenated alkanes) is 14. The zero-order chi connectivity index (χ0) is 41.0. The van der Waals surface area contributed by atoms with Crippen molar-refractivity contribution in [3.8, 4) is 11.8 Å². The maximum atomic E-state index is 14.2. The molecule has 3 rings (SSSR count). The molecule has 2 heterocycles. The van der Waals surface area contributed by atoms with Gasteiger partial charge in [0, 0.05) is 18.7 Å². The molecule has 1 unspecified atom stereocenters. The van der Waals surface area contributed by atoms with Crippen LogP contribution in [0.3, 0.4) is 0 Å². The standard InChI is InChI=1S/C41H63N4O10P/c1-6-7-8-9-10-11-12-13-14-15-16-17-18-19-23-26-36(47)54-37-34(53-39(41(37,5)30-42)45-28-27-35(46)43-40(45)49)29-51-56(50,55-33-24-21-20-22-25-33)44-32(4)38(48)52-31(2)3/h20-22,24-25,27-28,31-32,34,37,39H,6-19,23,26,29H2,1-5H3,(H,44,50)(H,43,46,49)/t32-,34+,37+,39+,41+,56?/m0/s1. The molecule has 1 aliphatic heterocycles. The van der Waals surface area contributed by atoms with Gasteiger partial charge < -0.3 is 18.7 Å². The monoisotopic (exact) mass is 802 g/mol. The molecule has 1 aliphatic rings. The average Bonchev–Trinajstić information content (AvgIpc) is 3.42. The molecule has 0 aliphatic carbocycles.